The quantitative estimate of drug-likeness (QED) is 0.262. The summed E-state index contributed by atoms with van der Waals surface area (Å²) >= 11 is 0. The Labute approximate surface area is 266 Å². The second-order valence-electron chi connectivity index (χ2n) is 12.5. The Morgan fingerprint density at radius 1 is 0.935 bits per heavy atom. The highest BCUT2D eigenvalue weighted by Gasteiger charge is 2.30. The fourth-order valence-corrected chi connectivity index (χ4v) is 6.29. The summed E-state index contributed by atoms with van der Waals surface area (Å²) in [5, 5.41) is 12.0. The number of amides is 2. The molecule has 1 aliphatic carbocycles. The molecule has 46 heavy (non-hydrogen) atoms. The number of anilines is 2. The molecule has 11 nitrogen and oxygen atoms in total. The third-order valence-electron chi connectivity index (χ3n) is 8.95. The minimum absolute atomic E-state index is 0.0181. The lowest BCUT2D eigenvalue weighted by atomic mass is 9.92. The van der Waals surface area contributed by atoms with Crippen LogP contribution in [0.3, 0.4) is 0 Å². The zero-order valence-electron chi connectivity index (χ0n) is 25.9. The Kier molecular flexibility index (Phi) is 7.59. The van der Waals surface area contributed by atoms with E-state index in [4.69, 9.17) is 5.73 Å². The normalized spacial score (nSPS) is 15.4. The van der Waals surface area contributed by atoms with E-state index in [0.717, 1.165) is 53.7 Å². The van der Waals surface area contributed by atoms with Gasteiger partial charge in [0.1, 0.15) is 17.4 Å². The van der Waals surface area contributed by atoms with Crippen molar-refractivity contribution in [3.63, 3.8) is 0 Å². The molecule has 0 radical (unpaired) electrons. The SMILES string of the molecule is CC(C)C(=O)N1CCC(c2cc(-c3ccc(NC(=O)c4cc(C5CC5)nn(-c5ccccc5)c4=O)cc3)c3c(N)ncnn23)CC1. The molecule has 2 amide bonds. The van der Waals surface area contributed by atoms with Crippen LogP contribution >= 0.6 is 0 Å². The molecule has 234 valence electrons. The minimum atomic E-state index is -0.483. The fraction of sp³-hybridized carbons (Fsp3) is 0.314. The van der Waals surface area contributed by atoms with E-state index >= 15 is 0 Å². The van der Waals surface area contributed by atoms with Crippen LogP contribution in [0.15, 0.2) is 77.9 Å². The number of fused-ring (bicyclic) bond motifs is 1. The summed E-state index contributed by atoms with van der Waals surface area (Å²) in [5.74, 6) is 0.534. The van der Waals surface area contributed by atoms with E-state index in [2.05, 4.69) is 26.6 Å². The zero-order chi connectivity index (χ0) is 31.9. The van der Waals surface area contributed by atoms with E-state index < -0.39 is 11.5 Å². The number of piperidine rings is 1. The van der Waals surface area contributed by atoms with E-state index in [1.165, 1.54) is 11.0 Å². The van der Waals surface area contributed by atoms with Crippen LogP contribution in [0.4, 0.5) is 11.5 Å². The Morgan fingerprint density at radius 3 is 2.33 bits per heavy atom. The zero-order valence-corrected chi connectivity index (χ0v) is 25.9. The fourth-order valence-electron chi connectivity index (χ4n) is 6.29. The first-order valence-corrected chi connectivity index (χ1v) is 15.8. The number of rotatable bonds is 7. The van der Waals surface area contributed by atoms with E-state index in [-0.39, 0.29) is 29.2 Å². The Bertz CT molecular complexity index is 1990. The van der Waals surface area contributed by atoms with E-state index in [1.54, 1.807) is 18.2 Å². The number of aromatic nitrogens is 5. The number of hydrogen-bond acceptors (Lipinski definition) is 7. The maximum Gasteiger partial charge on any atom is 0.284 e. The van der Waals surface area contributed by atoms with Crippen LogP contribution in [0, 0.1) is 5.92 Å². The largest absolute Gasteiger partial charge is 0.382 e. The van der Waals surface area contributed by atoms with Gasteiger partial charge in [-0.1, -0.05) is 44.2 Å². The molecule has 1 saturated carbocycles. The molecule has 5 aromatic rings. The smallest absolute Gasteiger partial charge is 0.284 e. The van der Waals surface area contributed by atoms with Crippen LogP contribution in [-0.4, -0.2) is 54.2 Å². The number of hydrogen-bond donors (Lipinski definition) is 2. The van der Waals surface area contributed by atoms with E-state index in [1.807, 2.05) is 65.7 Å². The van der Waals surface area contributed by atoms with Crippen molar-refractivity contribution in [3.8, 4) is 16.8 Å². The number of carbonyl (C=O) groups is 2. The number of para-hydroxylation sites is 1. The summed E-state index contributed by atoms with van der Waals surface area (Å²) in [5.41, 5.74) is 11.4. The number of nitrogens with one attached hydrogen (secondary N) is 1. The van der Waals surface area contributed by atoms with Crippen molar-refractivity contribution in [1.82, 2.24) is 29.3 Å². The van der Waals surface area contributed by atoms with Gasteiger partial charge in [-0.25, -0.2) is 9.50 Å². The van der Waals surface area contributed by atoms with Gasteiger partial charge in [-0.05, 0) is 67.6 Å². The number of likely N-dealkylation sites (tertiary alicyclic amines) is 1. The molecule has 0 spiro atoms. The first-order chi connectivity index (χ1) is 22.3. The van der Waals surface area contributed by atoms with Crippen molar-refractivity contribution < 1.29 is 9.59 Å². The Morgan fingerprint density at radius 2 is 1.65 bits per heavy atom. The van der Waals surface area contributed by atoms with Crippen LogP contribution in [0.5, 0.6) is 0 Å². The predicted octanol–water partition coefficient (Wildman–Crippen LogP) is 5.02. The van der Waals surface area contributed by atoms with Crippen molar-refractivity contribution in [2.75, 3.05) is 24.1 Å². The van der Waals surface area contributed by atoms with Crippen molar-refractivity contribution in [1.29, 1.82) is 0 Å². The predicted molar refractivity (Wildman–Crippen MR) is 176 cm³/mol. The van der Waals surface area contributed by atoms with Gasteiger partial charge in [-0.3, -0.25) is 14.4 Å². The second-order valence-corrected chi connectivity index (χ2v) is 12.5. The maximum absolute atomic E-state index is 13.5. The molecule has 0 unspecified atom stereocenters. The highest BCUT2D eigenvalue weighted by molar-refractivity contribution is 6.04. The lowest BCUT2D eigenvalue weighted by Gasteiger charge is -2.33. The van der Waals surface area contributed by atoms with Gasteiger partial charge < -0.3 is 16.0 Å². The van der Waals surface area contributed by atoms with E-state index in [0.29, 0.717) is 30.3 Å². The summed E-state index contributed by atoms with van der Waals surface area (Å²) in [6.45, 7) is 5.28. The van der Waals surface area contributed by atoms with Crippen LogP contribution in [-0.2, 0) is 4.79 Å². The number of benzene rings is 2. The van der Waals surface area contributed by atoms with Gasteiger partial charge in [0.2, 0.25) is 5.91 Å². The molecule has 1 saturated heterocycles. The number of carbonyl (C=O) groups excluding carboxylic acids is 2. The second kappa shape index (κ2) is 11.9. The number of nitrogens with two attached hydrogens (primary N) is 1. The molecule has 2 aliphatic rings. The van der Waals surface area contributed by atoms with Crippen molar-refractivity contribution in [3.05, 3.63) is 100 Å². The molecular weight excluding hydrogens is 580 g/mol. The third kappa shape index (κ3) is 5.53. The standard InChI is InChI=1S/C35H36N8O3/c1-21(2)34(45)41-16-14-24(15-17-41)30-19-27(31-32(36)37-20-38-43(30)31)22-10-12-25(13-11-22)39-33(44)28-18-29(23-8-9-23)40-42(35(28)46)26-6-4-3-5-7-26/h3-7,10-13,18-21,23-24H,8-9,14-17H2,1-2H3,(H,39,44)(H2,36,37,38). The van der Waals surface area contributed by atoms with Crippen molar-refractivity contribution >= 4 is 28.8 Å². The average Bonchev–Trinajstić information content (AvgIpc) is 3.85. The van der Waals surface area contributed by atoms with Crippen LogP contribution < -0.4 is 16.6 Å². The lowest BCUT2D eigenvalue weighted by molar-refractivity contribution is -0.135. The first-order valence-electron chi connectivity index (χ1n) is 15.8. The van der Waals surface area contributed by atoms with Crippen molar-refractivity contribution in [2.45, 2.75) is 51.4 Å². The van der Waals surface area contributed by atoms with Gasteiger partial charge >= 0.3 is 0 Å². The molecule has 1 aliphatic heterocycles. The minimum Gasteiger partial charge on any atom is -0.382 e. The van der Waals surface area contributed by atoms with Gasteiger partial charge in [-0.15, -0.1) is 0 Å². The molecule has 3 aromatic heterocycles. The molecule has 4 heterocycles. The monoisotopic (exact) mass is 616 g/mol. The third-order valence-corrected chi connectivity index (χ3v) is 8.95. The summed E-state index contributed by atoms with van der Waals surface area (Å²) in [4.78, 5) is 45.6. The maximum atomic E-state index is 13.5. The molecule has 0 atom stereocenters. The molecule has 2 aromatic carbocycles. The van der Waals surface area contributed by atoms with Gasteiger partial charge in [0.25, 0.3) is 11.5 Å². The number of nitrogens with zero attached hydrogens (tertiary/aromatic N) is 6. The Balaban J connectivity index is 1.15. The van der Waals surface area contributed by atoms with Gasteiger partial charge in [0.05, 0.1) is 11.4 Å². The summed E-state index contributed by atoms with van der Waals surface area (Å²) in [6, 6.07) is 20.3. The number of nitrogen functional groups attached to an aromatic ring is 1. The first kappa shape index (κ1) is 29.4. The van der Waals surface area contributed by atoms with Crippen molar-refractivity contribution in [2.24, 2.45) is 5.92 Å². The highest BCUT2D eigenvalue weighted by atomic mass is 16.2. The average molecular weight is 617 g/mol. The molecule has 3 N–H and O–H groups in total. The van der Waals surface area contributed by atoms with Gasteiger partial charge in [0.15, 0.2) is 5.82 Å². The van der Waals surface area contributed by atoms with E-state index in [9.17, 15) is 14.4 Å². The summed E-state index contributed by atoms with van der Waals surface area (Å²) in [7, 11) is 0. The van der Waals surface area contributed by atoms with Gasteiger partial charge in [-0.2, -0.15) is 14.9 Å². The molecule has 7 rings (SSSR count). The van der Waals surface area contributed by atoms with Gasteiger partial charge in [0, 0.05) is 47.8 Å². The topological polar surface area (TPSA) is 141 Å². The summed E-state index contributed by atoms with van der Waals surface area (Å²) in [6.07, 6.45) is 5.12. The van der Waals surface area contributed by atoms with Crippen LogP contribution in [0.1, 0.15) is 73.1 Å². The van der Waals surface area contributed by atoms with Crippen LogP contribution in [0.25, 0.3) is 22.3 Å². The van der Waals surface area contributed by atoms with Crippen LogP contribution in [0.2, 0.25) is 0 Å². The summed E-state index contributed by atoms with van der Waals surface area (Å²) < 4.78 is 3.19. The lowest BCUT2D eigenvalue weighted by Crippen LogP contribution is -2.40. The molecule has 0 bridgehead atoms. The molecule has 11 heteroatoms. The Hall–Kier alpha value is -5.32. The molecule has 2 fully saturated rings. The molecular formula is C35H36N8O3. The highest BCUT2D eigenvalue weighted by Crippen LogP contribution is 2.39.